The van der Waals surface area contributed by atoms with Gasteiger partial charge in [0.15, 0.2) is 0 Å². The number of carbonyl (C=O) groups is 1. The summed E-state index contributed by atoms with van der Waals surface area (Å²) in [4.78, 5) is 11.3. The molecular formula is C16H20O3. The van der Waals surface area contributed by atoms with Crippen LogP contribution in [0.25, 0.3) is 0 Å². The van der Waals surface area contributed by atoms with Gasteiger partial charge in [0.2, 0.25) is 0 Å². The van der Waals surface area contributed by atoms with Crippen LogP contribution in [0.2, 0.25) is 0 Å². The molecule has 0 amide bonds. The Balaban J connectivity index is 1.94. The maximum absolute atomic E-state index is 11.3. The number of rotatable bonds is 4. The van der Waals surface area contributed by atoms with Gasteiger partial charge in [-0.15, -0.1) is 0 Å². The second kappa shape index (κ2) is 6.53. The third-order valence-corrected chi connectivity index (χ3v) is 3.71. The minimum absolute atomic E-state index is 0.121. The Hall–Kier alpha value is -1.61. The minimum atomic E-state index is -0.288. The van der Waals surface area contributed by atoms with Crippen LogP contribution in [0.3, 0.4) is 0 Å². The zero-order chi connectivity index (χ0) is 13.7. The van der Waals surface area contributed by atoms with Crippen molar-refractivity contribution >= 4 is 5.97 Å². The molecule has 102 valence electrons. The van der Waals surface area contributed by atoms with Gasteiger partial charge in [0.25, 0.3) is 0 Å². The Morgan fingerprint density at radius 1 is 1.26 bits per heavy atom. The van der Waals surface area contributed by atoms with E-state index in [0.717, 1.165) is 37.5 Å². The van der Waals surface area contributed by atoms with Crippen LogP contribution in [0.5, 0.6) is 0 Å². The third kappa shape index (κ3) is 3.93. The zero-order valence-electron chi connectivity index (χ0n) is 11.0. The molecule has 3 heteroatoms. The standard InChI is InChI=1S/C16H20O3/c1-2-19-16(18)11-12-3-5-13(6-4-12)14-7-9-15(17)10-8-14/h2-6,14-15,17H,1,7-11H2. The van der Waals surface area contributed by atoms with Crippen LogP contribution in [0.1, 0.15) is 42.7 Å². The molecule has 1 N–H and O–H groups in total. The molecule has 0 heterocycles. The van der Waals surface area contributed by atoms with Crippen LogP contribution in [0.4, 0.5) is 0 Å². The highest BCUT2D eigenvalue weighted by molar-refractivity contribution is 5.73. The maximum atomic E-state index is 11.3. The summed E-state index contributed by atoms with van der Waals surface area (Å²) in [5.41, 5.74) is 2.25. The van der Waals surface area contributed by atoms with E-state index >= 15 is 0 Å². The van der Waals surface area contributed by atoms with E-state index in [2.05, 4.69) is 18.7 Å². The van der Waals surface area contributed by atoms with Crippen molar-refractivity contribution in [3.8, 4) is 0 Å². The van der Waals surface area contributed by atoms with E-state index in [9.17, 15) is 9.90 Å². The van der Waals surface area contributed by atoms with Crippen LogP contribution in [-0.4, -0.2) is 17.2 Å². The summed E-state index contributed by atoms with van der Waals surface area (Å²) in [7, 11) is 0. The summed E-state index contributed by atoms with van der Waals surface area (Å²) in [6.07, 6.45) is 5.16. The quantitative estimate of drug-likeness (QED) is 0.669. The number of ether oxygens (including phenoxy) is 1. The minimum Gasteiger partial charge on any atom is -0.435 e. The van der Waals surface area contributed by atoms with E-state index in [-0.39, 0.29) is 18.5 Å². The van der Waals surface area contributed by atoms with Crippen LogP contribution in [0.15, 0.2) is 37.1 Å². The molecule has 1 fully saturated rings. The van der Waals surface area contributed by atoms with Gasteiger partial charge in [-0.3, -0.25) is 4.79 Å². The molecule has 0 bridgehead atoms. The lowest BCUT2D eigenvalue weighted by Crippen LogP contribution is -2.16. The van der Waals surface area contributed by atoms with Crippen molar-refractivity contribution in [3.05, 3.63) is 48.2 Å². The Morgan fingerprint density at radius 3 is 2.47 bits per heavy atom. The van der Waals surface area contributed by atoms with Crippen LogP contribution in [-0.2, 0) is 16.0 Å². The van der Waals surface area contributed by atoms with E-state index in [0.29, 0.717) is 5.92 Å². The molecule has 0 saturated heterocycles. The number of esters is 1. The molecule has 1 saturated carbocycles. The molecule has 0 aliphatic heterocycles. The predicted octanol–water partition coefficient (Wildman–Crippen LogP) is 2.93. The molecule has 19 heavy (non-hydrogen) atoms. The lowest BCUT2D eigenvalue weighted by atomic mass is 9.82. The summed E-state index contributed by atoms with van der Waals surface area (Å²) in [5.74, 6) is 0.251. The average Bonchev–Trinajstić information content (AvgIpc) is 2.41. The van der Waals surface area contributed by atoms with Crippen molar-refractivity contribution in [3.63, 3.8) is 0 Å². The summed E-state index contributed by atoms with van der Waals surface area (Å²) < 4.78 is 4.70. The molecule has 3 nitrogen and oxygen atoms in total. The van der Waals surface area contributed by atoms with Crippen molar-refractivity contribution in [1.29, 1.82) is 0 Å². The first-order chi connectivity index (χ1) is 9.19. The lowest BCUT2D eigenvalue weighted by molar-refractivity contribution is -0.137. The number of carbonyl (C=O) groups excluding carboxylic acids is 1. The molecule has 2 rings (SSSR count). The summed E-state index contributed by atoms with van der Waals surface area (Å²) in [6.45, 7) is 3.36. The molecular weight excluding hydrogens is 240 g/mol. The van der Waals surface area contributed by atoms with Crippen molar-refractivity contribution < 1.29 is 14.6 Å². The van der Waals surface area contributed by atoms with Gasteiger partial charge < -0.3 is 9.84 Å². The molecule has 0 spiro atoms. The van der Waals surface area contributed by atoms with Crippen LogP contribution in [0, 0.1) is 0 Å². The van der Waals surface area contributed by atoms with Gasteiger partial charge >= 0.3 is 5.97 Å². The Labute approximate surface area is 113 Å². The van der Waals surface area contributed by atoms with E-state index in [4.69, 9.17) is 4.74 Å². The van der Waals surface area contributed by atoms with E-state index in [1.807, 2.05) is 12.1 Å². The SMILES string of the molecule is C=COC(=O)Cc1ccc(C2CCC(O)CC2)cc1. The van der Waals surface area contributed by atoms with Gasteiger partial charge in [0.05, 0.1) is 18.8 Å². The normalized spacial score (nSPS) is 22.8. The fraction of sp³-hybridized carbons (Fsp3) is 0.438. The van der Waals surface area contributed by atoms with Crippen molar-refractivity contribution in [2.24, 2.45) is 0 Å². The second-order valence-corrected chi connectivity index (χ2v) is 5.08. The van der Waals surface area contributed by atoms with Crippen molar-refractivity contribution in [1.82, 2.24) is 0 Å². The fourth-order valence-electron chi connectivity index (χ4n) is 2.62. The van der Waals surface area contributed by atoms with Gasteiger partial charge in [0, 0.05) is 0 Å². The fourth-order valence-corrected chi connectivity index (χ4v) is 2.62. The number of benzene rings is 1. The van der Waals surface area contributed by atoms with Crippen LogP contribution >= 0.6 is 0 Å². The summed E-state index contributed by atoms with van der Waals surface area (Å²) >= 11 is 0. The molecule has 0 unspecified atom stereocenters. The van der Waals surface area contributed by atoms with Gasteiger partial charge in [-0.2, -0.15) is 0 Å². The Morgan fingerprint density at radius 2 is 1.89 bits per heavy atom. The molecule has 0 aromatic heterocycles. The number of aliphatic hydroxyl groups is 1. The van der Waals surface area contributed by atoms with Crippen molar-refractivity contribution in [2.75, 3.05) is 0 Å². The number of aliphatic hydroxyl groups excluding tert-OH is 1. The van der Waals surface area contributed by atoms with Gasteiger partial charge in [0.1, 0.15) is 0 Å². The maximum Gasteiger partial charge on any atom is 0.315 e. The highest BCUT2D eigenvalue weighted by Gasteiger charge is 2.20. The summed E-state index contributed by atoms with van der Waals surface area (Å²) in [6, 6.07) is 8.12. The lowest BCUT2D eigenvalue weighted by Gasteiger charge is -2.25. The second-order valence-electron chi connectivity index (χ2n) is 5.08. The van der Waals surface area contributed by atoms with Gasteiger partial charge in [-0.25, -0.2) is 0 Å². The zero-order valence-corrected chi connectivity index (χ0v) is 11.0. The average molecular weight is 260 g/mol. The summed E-state index contributed by atoms with van der Waals surface area (Å²) in [5, 5.41) is 9.51. The molecule has 0 radical (unpaired) electrons. The predicted molar refractivity (Wildman–Crippen MR) is 73.7 cm³/mol. The molecule has 1 aliphatic carbocycles. The Kier molecular flexibility index (Phi) is 4.74. The number of hydrogen-bond acceptors (Lipinski definition) is 3. The highest BCUT2D eigenvalue weighted by atomic mass is 16.5. The first-order valence-electron chi connectivity index (χ1n) is 6.76. The van der Waals surface area contributed by atoms with E-state index in [1.54, 1.807) is 0 Å². The molecule has 0 atom stereocenters. The van der Waals surface area contributed by atoms with Crippen LogP contribution < -0.4 is 0 Å². The van der Waals surface area contributed by atoms with Crippen molar-refractivity contribution in [2.45, 2.75) is 44.1 Å². The number of hydrogen-bond donors (Lipinski definition) is 1. The monoisotopic (exact) mass is 260 g/mol. The Bertz CT molecular complexity index is 428. The smallest absolute Gasteiger partial charge is 0.315 e. The third-order valence-electron chi connectivity index (χ3n) is 3.71. The molecule has 1 aromatic rings. The van der Waals surface area contributed by atoms with Gasteiger partial charge in [-0.05, 0) is 42.7 Å². The van der Waals surface area contributed by atoms with Gasteiger partial charge in [-0.1, -0.05) is 30.8 Å². The first-order valence-corrected chi connectivity index (χ1v) is 6.76. The van der Waals surface area contributed by atoms with E-state index < -0.39 is 0 Å². The first kappa shape index (κ1) is 13.8. The van der Waals surface area contributed by atoms with E-state index in [1.165, 1.54) is 5.56 Å². The topological polar surface area (TPSA) is 46.5 Å². The highest BCUT2D eigenvalue weighted by Crippen LogP contribution is 2.32. The molecule has 1 aromatic carbocycles. The largest absolute Gasteiger partial charge is 0.435 e. The molecule has 1 aliphatic rings.